The predicted molar refractivity (Wildman–Crippen MR) is 276 cm³/mol. The monoisotopic (exact) mass is 1020 g/mol. The fourth-order valence-corrected chi connectivity index (χ4v) is 9.38. The fourth-order valence-electron chi connectivity index (χ4n) is 8.76. The van der Waals surface area contributed by atoms with Crippen molar-refractivity contribution in [2.24, 2.45) is 0 Å². The van der Waals surface area contributed by atoms with Crippen LogP contribution in [0.25, 0.3) is 66.8 Å². The summed E-state index contributed by atoms with van der Waals surface area (Å²) in [5.74, 6) is -5.22. The average Bonchev–Trinajstić information content (AvgIpc) is 3.36. The van der Waals surface area contributed by atoms with Gasteiger partial charge in [0.15, 0.2) is 5.43 Å². The number of carboxylic acid groups (broad SMARTS) is 3. The van der Waals surface area contributed by atoms with Crippen LogP contribution in [0.3, 0.4) is 0 Å². The van der Waals surface area contributed by atoms with Crippen molar-refractivity contribution >= 4 is 80.6 Å². The molecular formula is C55H41Cl2N4O12+. The number of nitrogens with zero attached hydrogens (tertiary/aromatic N) is 2. The van der Waals surface area contributed by atoms with E-state index in [1.165, 1.54) is 60.7 Å². The van der Waals surface area contributed by atoms with E-state index in [9.17, 15) is 49.2 Å². The zero-order valence-corrected chi connectivity index (χ0v) is 40.6. The number of hydrogen-bond donors (Lipinski definition) is 6. The lowest BCUT2D eigenvalue weighted by molar-refractivity contribution is 0.0682. The van der Waals surface area contributed by atoms with Gasteiger partial charge in [0.25, 0.3) is 11.8 Å². The van der Waals surface area contributed by atoms with Gasteiger partial charge in [0.2, 0.25) is 5.36 Å². The second-order valence-electron chi connectivity index (χ2n) is 17.4. The Kier molecular flexibility index (Phi) is 13.0. The molecule has 2 aliphatic heterocycles. The van der Waals surface area contributed by atoms with Crippen LogP contribution in [-0.4, -0.2) is 78.3 Å². The summed E-state index contributed by atoms with van der Waals surface area (Å²) in [7, 11) is 7.54. The third-order valence-corrected chi connectivity index (χ3v) is 13.1. The molecule has 16 nitrogen and oxygen atoms in total. The second kappa shape index (κ2) is 19.3. The number of carboxylic acids is 3. The number of phenols is 1. The number of hydrogen-bond acceptors (Lipinski definition) is 10. The second-order valence-corrected chi connectivity index (χ2v) is 18.2. The highest BCUT2D eigenvalue weighted by atomic mass is 35.5. The lowest BCUT2D eigenvalue weighted by Crippen LogP contribution is -2.25. The highest BCUT2D eigenvalue weighted by Gasteiger charge is 2.30. The van der Waals surface area contributed by atoms with Crippen molar-refractivity contribution in [3.05, 3.63) is 180 Å². The number of aromatic hydroxyl groups is 1. The molecule has 2 aliphatic carbocycles. The normalized spacial score (nSPS) is 11.3. The Morgan fingerprint density at radius 2 is 1.27 bits per heavy atom. The molecule has 5 aromatic carbocycles. The van der Waals surface area contributed by atoms with Gasteiger partial charge in [0.05, 0.1) is 50.5 Å². The van der Waals surface area contributed by atoms with Crippen LogP contribution in [0, 0.1) is 0 Å². The molecule has 2 amide bonds. The van der Waals surface area contributed by atoms with Crippen LogP contribution in [0.5, 0.6) is 5.75 Å². The number of aromatic carboxylic acids is 3. The quantitative estimate of drug-likeness (QED) is 0.0495. The highest BCUT2D eigenvalue weighted by molar-refractivity contribution is 6.41. The van der Waals surface area contributed by atoms with Crippen LogP contribution in [-0.2, 0) is 13.1 Å². The Morgan fingerprint density at radius 1 is 0.616 bits per heavy atom. The summed E-state index contributed by atoms with van der Waals surface area (Å²) in [6.45, 7) is -0.359. The molecule has 0 saturated carbocycles. The largest absolute Gasteiger partial charge is 0.507 e. The van der Waals surface area contributed by atoms with Gasteiger partial charge >= 0.3 is 17.9 Å². The van der Waals surface area contributed by atoms with Crippen LogP contribution in [0.15, 0.2) is 129 Å². The van der Waals surface area contributed by atoms with E-state index in [0.29, 0.717) is 44.4 Å². The maximum Gasteiger partial charge on any atom is 0.337 e. The van der Waals surface area contributed by atoms with Crippen molar-refractivity contribution in [2.75, 3.05) is 33.1 Å². The lowest BCUT2D eigenvalue weighted by atomic mass is 9.89. The SMILES string of the molecule is CN(C)c1ccc2c(-c3c(Cl)cc(C(=O)NCc4ccc(C(=O)NCc5c(O)ccc6c(-c7ccc(C(=O)O)cc7C(=O)O)c7ccc(=O)cc-7oc56)cc4)c(Cl)c3C(=O)O)c3ccc(=[N+](C)C)cc-3oc2c1. The first-order chi connectivity index (χ1) is 34.8. The number of carbonyl (C=O) groups is 5. The molecule has 2 heterocycles. The van der Waals surface area contributed by atoms with Gasteiger partial charge in [0.1, 0.15) is 42.5 Å². The summed E-state index contributed by atoms with van der Waals surface area (Å²) < 4.78 is 14.5. The molecule has 0 fully saturated rings. The molecule has 0 radical (unpaired) electrons. The van der Waals surface area contributed by atoms with Gasteiger partial charge in [-0.05, 0) is 83.9 Å². The van der Waals surface area contributed by atoms with Crippen LogP contribution in [0.2, 0.25) is 10.0 Å². The number of anilines is 1. The van der Waals surface area contributed by atoms with Crippen molar-refractivity contribution in [2.45, 2.75) is 13.1 Å². The lowest BCUT2D eigenvalue weighted by Gasteiger charge is -2.21. The van der Waals surface area contributed by atoms with Crippen LogP contribution >= 0.6 is 23.2 Å². The van der Waals surface area contributed by atoms with Gasteiger partial charge in [0, 0.05) is 88.7 Å². The predicted octanol–water partition coefficient (Wildman–Crippen LogP) is 9.15. The number of rotatable bonds is 12. The summed E-state index contributed by atoms with van der Waals surface area (Å²) in [5.41, 5.74) is 2.47. The first-order valence-corrected chi connectivity index (χ1v) is 23.0. The van der Waals surface area contributed by atoms with Crippen molar-refractivity contribution in [1.29, 1.82) is 0 Å². The third-order valence-electron chi connectivity index (χ3n) is 12.4. The van der Waals surface area contributed by atoms with Gasteiger partial charge in [-0.3, -0.25) is 14.4 Å². The summed E-state index contributed by atoms with van der Waals surface area (Å²) in [6.07, 6.45) is 0. The van der Waals surface area contributed by atoms with Gasteiger partial charge in [-0.2, -0.15) is 0 Å². The topological polar surface area (TPSA) is 240 Å². The van der Waals surface area contributed by atoms with Crippen LogP contribution in [0.4, 0.5) is 5.69 Å². The number of halogens is 2. The number of fused-ring (bicyclic) bond motifs is 4. The molecule has 6 N–H and O–H groups in total. The van der Waals surface area contributed by atoms with E-state index in [0.717, 1.165) is 17.1 Å². The van der Waals surface area contributed by atoms with Gasteiger partial charge < -0.3 is 44.8 Å². The van der Waals surface area contributed by atoms with E-state index >= 15 is 0 Å². The highest BCUT2D eigenvalue weighted by Crippen LogP contribution is 2.48. The van der Waals surface area contributed by atoms with E-state index in [4.69, 9.17) is 32.0 Å². The molecule has 0 atom stereocenters. The first kappa shape index (κ1) is 49.0. The summed E-state index contributed by atoms with van der Waals surface area (Å²) in [6, 6.07) is 29.0. The summed E-state index contributed by atoms with van der Waals surface area (Å²) in [5, 5.41) is 48.4. The number of phenolic OH excluding ortho intramolecular Hbond substituents is 1. The smallest absolute Gasteiger partial charge is 0.337 e. The Morgan fingerprint density at radius 3 is 1.96 bits per heavy atom. The number of carbonyl (C=O) groups excluding carboxylic acids is 2. The molecule has 0 bridgehead atoms. The zero-order chi connectivity index (χ0) is 52.2. The maximum atomic E-state index is 13.8. The Hall–Kier alpha value is -8.99. The molecule has 366 valence electrons. The van der Waals surface area contributed by atoms with Crippen LogP contribution in [0.1, 0.15) is 62.9 Å². The molecule has 0 aromatic heterocycles. The van der Waals surface area contributed by atoms with Gasteiger partial charge in [-0.1, -0.05) is 41.4 Å². The molecular weight excluding hydrogens is 980 g/mol. The third kappa shape index (κ3) is 9.16. The van der Waals surface area contributed by atoms with Crippen LogP contribution < -0.4 is 30.9 Å². The van der Waals surface area contributed by atoms with E-state index < -0.39 is 35.2 Å². The molecule has 0 spiro atoms. The van der Waals surface area contributed by atoms with Gasteiger partial charge in [-0.15, -0.1) is 0 Å². The number of amides is 2. The van der Waals surface area contributed by atoms with E-state index in [1.807, 2.05) is 74.1 Å². The molecule has 0 saturated heterocycles. The van der Waals surface area contributed by atoms with E-state index in [1.54, 1.807) is 12.1 Å². The number of nitrogens with one attached hydrogen (secondary N) is 2. The molecule has 9 rings (SSSR count). The van der Waals surface area contributed by atoms with Crippen molar-refractivity contribution in [1.82, 2.24) is 15.2 Å². The Bertz CT molecular complexity index is 3890. The minimum atomic E-state index is -1.41. The van der Waals surface area contributed by atoms with E-state index in [2.05, 4.69) is 10.6 Å². The standard InChI is InChI=1S/C55H40Cl2N4O12/c1-60(2)29-10-14-34-42(20-29)72-43-21-30(61(3)4)11-15-35(43)46(34)47-40(56)23-38(49(57)48(47)55(70)71)52(65)58-24-26-5-7-27(8-6-26)51(64)59-25-39-41(63)18-17-36-45(33-16-12-31(62)22-44(33)73-50(36)39)32-13-9-28(53(66)67)19-37(32)54(68)69/h5-23H,24-25H2,1-4H3,(H5-,58,59,62,63,64,65,66,67,68,69,70,71)/p+1. The van der Waals surface area contributed by atoms with E-state index in [-0.39, 0.29) is 90.3 Å². The van der Waals surface area contributed by atoms with Crippen molar-refractivity contribution in [3.8, 4) is 50.7 Å². The minimum absolute atomic E-state index is 0.0278. The van der Waals surface area contributed by atoms with Crippen molar-refractivity contribution < 1.29 is 53.2 Å². The number of benzene rings is 7. The summed E-state index contributed by atoms with van der Waals surface area (Å²) in [4.78, 5) is 79.1. The molecule has 5 aromatic rings. The minimum Gasteiger partial charge on any atom is -0.507 e. The Balaban J connectivity index is 0.973. The Labute approximate surface area is 423 Å². The fraction of sp³-hybridized carbons (Fsp3) is 0.109. The molecule has 4 aliphatic rings. The maximum absolute atomic E-state index is 13.8. The summed E-state index contributed by atoms with van der Waals surface area (Å²) >= 11 is 13.9. The average molecular weight is 1020 g/mol. The van der Waals surface area contributed by atoms with Crippen molar-refractivity contribution in [3.63, 3.8) is 0 Å². The molecule has 0 unspecified atom stereocenters. The zero-order valence-electron chi connectivity index (χ0n) is 39.1. The van der Waals surface area contributed by atoms with Gasteiger partial charge in [-0.25, -0.2) is 19.0 Å². The molecule has 73 heavy (non-hydrogen) atoms. The first-order valence-electron chi connectivity index (χ1n) is 22.2. The molecule has 18 heteroatoms.